The molecule has 0 fully saturated rings. The Balaban J connectivity index is 1.38. The highest BCUT2D eigenvalue weighted by Gasteiger charge is 2.21. The lowest BCUT2D eigenvalue weighted by atomic mass is 10.0. The fourth-order valence-corrected chi connectivity index (χ4v) is 6.46. The quantitative estimate of drug-likeness (QED) is 0.232. The van der Waals surface area contributed by atoms with Crippen molar-refractivity contribution in [1.82, 2.24) is 23.5 Å². The average molecular weight is 526 g/mol. The molecule has 4 aromatic heterocycles. The van der Waals surface area contributed by atoms with Crippen molar-refractivity contribution in [2.75, 3.05) is 0 Å². The molecule has 0 N–H and O–H groups in total. The maximum atomic E-state index is 5.12. The van der Waals surface area contributed by atoms with E-state index in [9.17, 15) is 0 Å². The highest BCUT2D eigenvalue weighted by Crippen LogP contribution is 2.39. The molecular formula is C36H23N5. The molecule has 9 aromatic rings. The summed E-state index contributed by atoms with van der Waals surface area (Å²) in [4.78, 5) is 9.75. The van der Waals surface area contributed by atoms with Crippen LogP contribution < -0.4 is 0 Å². The normalized spacial score (nSPS) is 11.9. The Morgan fingerprint density at radius 2 is 1.02 bits per heavy atom. The van der Waals surface area contributed by atoms with E-state index in [0.29, 0.717) is 0 Å². The molecule has 0 saturated heterocycles. The summed E-state index contributed by atoms with van der Waals surface area (Å²) in [5.41, 5.74) is 11.0. The highest BCUT2D eigenvalue weighted by molar-refractivity contribution is 6.09. The number of imidazole rings is 2. The lowest BCUT2D eigenvalue weighted by Gasteiger charge is -2.17. The molecule has 5 nitrogen and oxygen atoms in total. The molecule has 0 radical (unpaired) electrons. The molecule has 192 valence electrons. The van der Waals surface area contributed by atoms with E-state index in [1.165, 1.54) is 21.8 Å². The van der Waals surface area contributed by atoms with E-state index in [1.807, 2.05) is 18.5 Å². The molecule has 0 aliphatic rings. The molecule has 0 spiro atoms. The Bertz CT molecular complexity index is 2390. The van der Waals surface area contributed by atoms with Crippen LogP contribution in [-0.2, 0) is 0 Å². The Hall–Kier alpha value is -5.68. The van der Waals surface area contributed by atoms with Crippen LogP contribution in [0.1, 0.15) is 0 Å². The lowest BCUT2D eigenvalue weighted by Crippen LogP contribution is -2.02. The van der Waals surface area contributed by atoms with E-state index in [1.54, 1.807) is 0 Å². The molecule has 0 unspecified atom stereocenters. The van der Waals surface area contributed by atoms with Crippen LogP contribution in [0.15, 0.2) is 140 Å². The summed E-state index contributed by atoms with van der Waals surface area (Å²) >= 11 is 0. The standard InChI is InChI=1S/C36H23N5/c1-5-15-29-24(11-1)25-12-2-6-16-30(25)39(29)32-21-22-37-23-27(32)26-13-3-7-17-31(26)40-34-19-9-10-20-35(34)41-33-18-8-4-14-28(33)38-36(40)41/h1-23H. The van der Waals surface area contributed by atoms with Gasteiger partial charge in [-0.05, 0) is 48.5 Å². The first-order valence-electron chi connectivity index (χ1n) is 13.8. The largest absolute Gasteiger partial charge is 0.309 e. The summed E-state index contributed by atoms with van der Waals surface area (Å²) in [6.07, 6.45) is 3.87. The van der Waals surface area contributed by atoms with Crippen LogP contribution in [0.4, 0.5) is 0 Å². The molecule has 0 aliphatic heterocycles. The SMILES string of the molecule is c1ccc(-n2c3ccccc3n3c4ccccc4nc23)c(-c2cnccc2-n2c3ccccc3c3ccccc32)c1. The van der Waals surface area contributed by atoms with Crippen molar-refractivity contribution in [3.8, 4) is 22.5 Å². The second kappa shape index (κ2) is 8.41. The van der Waals surface area contributed by atoms with Crippen LogP contribution in [-0.4, -0.2) is 23.5 Å². The van der Waals surface area contributed by atoms with Crippen LogP contribution in [0.5, 0.6) is 0 Å². The van der Waals surface area contributed by atoms with Gasteiger partial charge in [-0.2, -0.15) is 0 Å². The molecule has 0 amide bonds. The van der Waals surface area contributed by atoms with Gasteiger partial charge in [0, 0.05) is 34.3 Å². The molecule has 4 heterocycles. The second-order valence-electron chi connectivity index (χ2n) is 10.3. The van der Waals surface area contributed by atoms with Gasteiger partial charge in [-0.1, -0.05) is 78.9 Å². The summed E-state index contributed by atoms with van der Waals surface area (Å²) in [6.45, 7) is 0. The monoisotopic (exact) mass is 525 g/mol. The first kappa shape index (κ1) is 22.2. The van der Waals surface area contributed by atoms with Gasteiger partial charge in [0.2, 0.25) is 5.78 Å². The number of hydrogen-bond donors (Lipinski definition) is 0. The molecular weight excluding hydrogens is 502 g/mol. The van der Waals surface area contributed by atoms with Gasteiger partial charge in [0.15, 0.2) is 0 Å². The molecule has 0 atom stereocenters. The van der Waals surface area contributed by atoms with Gasteiger partial charge in [0.05, 0.1) is 44.5 Å². The second-order valence-corrected chi connectivity index (χ2v) is 10.3. The Morgan fingerprint density at radius 1 is 0.439 bits per heavy atom. The first-order valence-corrected chi connectivity index (χ1v) is 13.8. The van der Waals surface area contributed by atoms with Gasteiger partial charge in [-0.3, -0.25) is 14.0 Å². The van der Waals surface area contributed by atoms with Crippen molar-refractivity contribution in [2.24, 2.45) is 0 Å². The van der Waals surface area contributed by atoms with Crippen molar-refractivity contribution in [3.63, 3.8) is 0 Å². The zero-order chi connectivity index (χ0) is 26.9. The molecule has 5 heteroatoms. The zero-order valence-electron chi connectivity index (χ0n) is 22.0. The Kier molecular flexibility index (Phi) is 4.55. The Morgan fingerprint density at radius 3 is 1.80 bits per heavy atom. The molecule has 41 heavy (non-hydrogen) atoms. The third kappa shape index (κ3) is 3.06. The Labute approximate surface area is 235 Å². The molecule has 0 aliphatic carbocycles. The van der Waals surface area contributed by atoms with Gasteiger partial charge in [0.1, 0.15) is 0 Å². The van der Waals surface area contributed by atoms with E-state index in [0.717, 1.165) is 50.3 Å². The zero-order valence-corrected chi connectivity index (χ0v) is 22.0. The van der Waals surface area contributed by atoms with Crippen LogP contribution >= 0.6 is 0 Å². The van der Waals surface area contributed by atoms with Crippen molar-refractivity contribution in [3.05, 3.63) is 140 Å². The highest BCUT2D eigenvalue weighted by atomic mass is 15.2. The molecule has 0 saturated carbocycles. The van der Waals surface area contributed by atoms with E-state index in [-0.39, 0.29) is 0 Å². The molecule has 9 rings (SSSR count). The minimum Gasteiger partial charge on any atom is -0.309 e. The summed E-state index contributed by atoms with van der Waals surface area (Å²) in [7, 11) is 0. The number of hydrogen-bond acceptors (Lipinski definition) is 2. The number of nitrogens with zero attached hydrogens (tertiary/aromatic N) is 5. The fraction of sp³-hybridized carbons (Fsp3) is 0. The van der Waals surface area contributed by atoms with Crippen molar-refractivity contribution < 1.29 is 0 Å². The summed E-state index contributed by atoms with van der Waals surface area (Å²) in [5, 5.41) is 2.47. The minimum atomic E-state index is 0.891. The van der Waals surface area contributed by atoms with Crippen molar-refractivity contribution >= 4 is 49.7 Å². The lowest BCUT2D eigenvalue weighted by molar-refractivity contribution is 1.10. The maximum Gasteiger partial charge on any atom is 0.220 e. The van der Waals surface area contributed by atoms with Crippen molar-refractivity contribution in [2.45, 2.75) is 0 Å². The van der Waals surface area contributed by atoms with Gasteiger partial charge in [-0.15, -0.1) is 0 Å². The fourth-order valence-electron chi connectivity index (χ4n) is 6.46. The van der Waals surface area contributed by atoms with E-state index in [2.05, 4.69) is 140 Å². The molecule has 5 aromatic carbocycles. The number of benzene rings is 5. The minimum absolute atomic E-state index is 0.891. The molecule has 0 bridgehead atoms. The topological polar surface area (TPSA) is 40.1 Å². The number of aromatic nitrogens is 5. The summed E-state index contributed by atoms with van der Waals surface area (Å²) in [5.74, 6) is 0.891. The maximum absolute atomic E-state index is 5.12. The van der Waals surface area contributed by atoms with Crippen LogP contribution in [0.2, 0.25) is 0 Å². The number of pyridine rings is 1. The smallest absolute Gasteiger partial charge is 0.220 e. The average Bonchev–Trinajstić information content (AvgIpc) is 3.68. The number of fused-ring (bicyclic) bond motifs is 8. The van der Waals surface area contributed by atoms with Gasteiger partial charge in [0.25, 0.3) is 0 Å². The van der Waals surface area contributed by atoms with Crippen molar-refractivity contribution in [1.29, 1.82) is 0 Å². The number of rotatable bonds is 3. The van der Waals surface area contributed by atoms with E-state index >= 15 is 0 Å². The van der Waals surface area contributed by atoms with Gasteiger partial charge >= 0.3 is 0 Å². The predicted octanol–water partition coefficient (Wildman–Crippen LogP) is 8.59. The third-order valence-corrected chi connectivity index (χ3v) is 8.16. The van der Waals surface area contributed by atoms with Gasteiger partial charge in [-0.25, -0.2) is 4.98 Å². The van der Waals surface area contributed by atoms with Crippen LogP contribution in [0.25, 0.3) is 72.2 Å². The van der Waals surface area contributed by atoms with E-state index < -0.39 is 0 Å². The predicted molar refractivity (Wildman–Crippen MR) is 167 cm³/mol. The van der Waals surface area contributed by atoms with Gasteiger partial charge < -0.3 is 4.57 Å². The number of para-hydroxylation sites is 7. The summed E-state index contributed by atoms with van der Waals surface area (Å²) < 4.78 is 6.91. The first-order chi connectivity index (χ1) is 20.4. The summed E-state index contributed by atoms with van der Waals surface area (Å²) in [6, 6.07) is 44.8. The van der Waals surface area contributed by atoms with Crippen LogP contribution in [0, 0.1) is 0 Å². The third-order valence-electron chi connectivity index (χ3n) is 8.16. The van der Waals surface area contributed by atoms with Crippen LogP contribution in [0.3, 0.4) is 0 Å². The van der Waals surface area contributed by atoms with E-state index in [4.69, 9.17) is 4.98 Å².